The lowest BCUT2D eigenvalue weighted by molar-refractivity contribution is -0.115. The summed E-state index contributed by atoms with van der Waals surface area (Å²) >= 11 is 0. The van der Waals surface area contributed by atoms with Gasteiger partial charge < -0.3 is 10.1 Å². The second kappa shape index (κ2) is 7.48. The second-order valence-electron chi connectivity index (χ2n) is 5.02. The smallest absolute Gasteiger partial charge is 0.228 e. The molecular weight excluding hydrogens is 262 g/mol. The zero-order chi connectivity index (χ0) is 15.1. The molecule has 0 heterocycles. The number of carbonyl (C=O) groups excluding carboxylic acids is 1. The summed E-state index contributed by atoms with van der Waals surface area (Å²) in [7, 11) is 1.62. The lowest BCUT2D eigenvalue weighted by Gasteiger charge is -2.07. The third-order valence-corrected chi connectivity index (χ3v) is 3.28. The molecule has 0 atom stereocenters. The van der Waals surface area contributed by atoms with E-state index in [9.17, 15) is 4.79 Å². The summed E-state index contributed by atoms with van der Waals surface area (Å²) in [6.07, 6.45) is 2.54. The fraction of sp³-hybridized carbons (Fsp3) is 0.278. The number of hydrogen-bond acceptors (Lipinski definition) is 2. The van der Waals surface area contributed by atoms with Crippen molar-refractivity contribution in [2.45, 2.75) is 26.2 Å². The largest absolute Gasteiger partial charge is 0.497 e. The number of amides is 1. The van der Waals surface area contributed by atoms with Gasteiger partial charge in [0.25, 0.3) is 0 Å². The van der Waals surface area contributed by atoms with Gasteiger partial charge in [-0.25, -0.2) is 0 Å². The molecule has 0 spiro atoms. The minimum absolute atomic E-state index is 0.0218. The summed E-state index contributed by atoms with van der Waals surface area (Å²) in [5.74, 6) is 0.746. The first kappa shape index (κ1) is 15.1. The van der Waals surface area contributed by atoms with Crippen LogP contribution in [0.15, 0.2) is 48.5 Å². The van der Waals surface area contributed by atoms with Crippen molar-refractivity contribution in [3.63, 3.8) is 0 Å². The molecule has 0 aliphatic rings. The van der Waals surface area contributed by atoms with Gasteiger partial charge in [0.2, 0.25) is 5.91 Å². The predicted octanol–water partition coefficient (Wildman–Crippen LogP) is 3.83. The van der Waals surface area contributed by atoms with Crippen LogP contribution in [0.25, 0.3) is 0 Å². The van der Waals surface area contributed by atoms with Crippen molar-refractivity contribution < 1.29 is 9.53 Å². The number of ether oxygens (including phenoxy) is 1. The number of anilines is 1. The average Bonchev–Trinajstić information content (AvgIpc) is 2.49. The third-order valence-electron chi connectivity index (χ3n) is 3.28. The van der Waals surface area contributed by atoms with Crippen LogP contribution in [0.5, 0.6) is 5.75 Å². The van der Waals surface area contributed by atoms with Gasteiger partial charge in [0, 0.05) is 5.69 Å². The minimum atomic E-state index is -0.0218. The summed E-state index contributed by atoms with van der Waals surface area (Å²) < 4.78 is 5.16. The van der Waals surface area contributed by atoms with Gasteiger partial charge in [-0.1, -0.05) is 37.6 Å². The number of carbonyl (C=O) groups is 1. The first-order valence-corrected chi connectivity index (χ1v) is 7.23. The first-order valence-electron chi connectivity index (χ1n) is 7.23. The van der Waals surface area contributed by atoms with E-state index in [0.717, 1.165) is 29.8 Å². The van der Waals surface area contributed by atoms with E-state index in [0.29, 0.717) is 6.42 Å². The van der Waals surface area contributed by atoms with Crippen molar-refractivity contribution in [3.05, 3.63) is 59.7 Å². The Morgan fingerprint density at radius 1 is 1.10 bits per heavy atom. The molecule has 2 aromatic rings. The minimum Gasteiger partial charge on any atom is -0.497 e. The van der Waals surface area contributed by atoms with E-state index < -0.39 is 0 Å². The fourth-order valence-corrected chi connectivity index (χ4v) is 2.22. The van der Waals surface area contributed by atoms with Gasteiger partial charge in [-0.05, 0) is 41.8 Å². The summed E-state index contributed by atoms with van der Waals surface area (Å²) in [4.78, 5) is 12.0. The number of rotatable bonds is 6. The molecule has 21 heavy (non-hydrogen) atoms. The van der Waals surface area contributed by atoms with Crippen LogP contribution in [-0.4, -0.2) is 13.0 Å². The van der Waals surface area contributed by atoms with Crippen LogP contribution in [0.4, 0.5) is 5.69 Å². The molecule has 2 aromatic carbocycles. The van der Waals surface area contributed by atoms with Crippen LogP contribution < -0.4 is 10.1 Å². The summed E-state index contributed by atoms with van der Waals surface area (Å²) in [5.41, 5.74) is 3.07. The van der Waals surface area contributed by atoms with Crippen LogP contribution in [0.1, 0.15) is 24.5 Å². The van der Waals surface area contributed by atoms with Crippen molar-refractivity contribution in [2.75, 3.05) is 12.4 Å². The quantitative estimate of drug-likeness (QED) is 0.875. The number of nitrogens with one attached hydrogen (secondary N) is 1. The topological polar surface area (TPSA) is 38.3 Å². The van der Waals surface area contributed by atoms with Crippen LogP contribution in [0.2, 0.25) is 0 Å². The molecule has 3 heteroatoms. The summed E-state index contributed by atoms with van der Waals surface area (Å²) in [6.45, 7) is 2.16. The Labute approximate surface area is 126 Å². The molecule has 0 saturated carbocycles. The zero-order valence-electron chi connectivity index (χ0n) is 12.6. The van der Waals surface area contributed by atoms with E-state index in [1.165, 1.54) is 5.56 Å². The number of hydrogen-bond donors (Lipinski definition) is 1. The van der Waals surface area contributed by atoms with E-state index in [-0.39, 0.29) is 5.91 Å². The van der Waals surface area contributed by atoms with Crippen molar-refractivity contribution >= 4 is 11.6 Å². The maximum Gasteiger partial charge on any atom is 0.228 e. The highest BCUT2D eigenvalue weighted by atomic mass is 16.5. The SMILES string of the molecule is CCCc1ccc(NC(=O)Cc2cccc(OC)c2)cc1. The van der Waals surface area contributed by atoms with Gasteiger partial charge in [0.1, 0.15) is 5.75 Å². The molecule has 0 fully saturated rings. The van der Waals surface area contributed by atoms with Crippen LogP contribution in [0, 0.1) is 0 Å². The third kappa shape index (κ3) is 4.63. The molecule has 0 unspecified atom stereocenters. The van der Waals surface area contributed by atoms with E-state index in [4.69, 9.17) is 4.74 Å². The van der Waals surface area contributed by atoms with Gasteiger partial charge in [0.15, 0.2) is 0 Å². The molecule has 0 aliphatic heterocycles. The number of methoxy groups -OCH3 is 1. The highest BCUT2D eigenvalue weighted by Crippen LogP contribution is 2.15. The maximum absolute atomic E-state index is 12.0. The van der Waals surface area contributed by atoms with E-state index in [2.05, 4.69) is 24.4 Å². The number of benzene rings is 2. The van der Waals surface area contributed by atoms with E-state index in [1.807, 2.05) is 36.4 Å². The molecule has 0 bridgehead atoms. The summed E-state index contributed by atoms with van der Waals surface area (Å²) in [5, 5.41) is 2.92. The van der Waals surface area contributed by atoms with E-state index >= 15 is 0 Å². The average molecular weight is 283 g/mol. The van der Waals surface area contributed by atoms with Gasteiger partial charge in [0.05, 0.1) is 13.5 Å². The van der Waals surface area contributed by atoms with Gasteiger partial charge >= 0.3 is 0 Å². The highest BCUT2D eigenvalue weighted by molar-refractivity contribution is 5.92. The monoisotopic (exact) mass is 283 g/mol. The molecule has 1 N–H and O–H groups in total. The van der Waals surface area contributed by atoms with Gasteiger partial charge in [-0.15, -0.1) is 0 Å². The highest BCUT2D eigenvalue weighted by Gasteiger charge is 2.05. The Bertz CT molecular complexity index is 590. The molecule has 0 aliphatic carbocycles. The Hall–Kier alpha value is -2.29. The molecule has 2 rings (SSSR count). The van der Waals surface area contributed by atoms with Gasteiger partial charge in [-0.3, -0.25) is 4.79 Å². The Balaban J connectivity index is 1.94. The summed E-state index contributed by atoms with van der Waals surface area (Å²) in [6, 6.07) is 15.6. The Morgan fingerprint density at radius 2 is 1.86 bits per heavy atom. The first-order chi connectivity index (χ1) is 10.2. The maximum atomic E-state index is 12.0. The molecule has 0 radical (unpaired) electrons. The molecule has 3 nitrogen and oxygen atoms in total. The Morgan fingerprint density at radius 3 is 2.52 bits per heavy atom. The fourth-order valence-electron chi connectivity index (χ4n) is 2.22. The molecular formula is C18H21NO2. The lowest BCUT2D eigenvalue weighted by Crippen LogP contribution is -2.14. The van der Waals surface area contributed by atoms with Crippen molar-refractivity contribution in [1.29, 1.82) is 0 Å². The van der Waals surface area contributed by atoms with Crippen molar-refractivity contribution in [3.8, 4) is 5.75 Å². The molecule has 110 valence electrons. The van der Waals surface area contributed by atoms with Crippen molar-refractivity contribution in [1.82, 2.24) is 0 Å². The molecule has 0 aromatic heterocycles. The zero-order valence-corrected chi connectivity index (χ0v) is 12.6. The van der Waals surface area contributed by atoms with Crippen molar-refractivity contribution in [2.24, 2.45) is 0 Å². The molecule has 1 amide bonds. The lowest BCUT2D eigenvalue weighted by atomic mass is 10.1. The van der Waals surface area contributed by atoms with E-state index in [1.54, 1.807) is 7.11 Å². The predicted molar refractivity (Wildman–Crippen MR) is 85.8 cm³/mol. The number of aryl methyl sites for hydroxylation is 1. The van der Waals surface area contributed by atoms with Crippen LogP contribution >= 0.6 is 0 Å². The van der Waals surface area contributed by atoms with Crippen LogP contribution in [-0.2, 0) is 17.6 Å². The molecule has 0 saturated heterocycles. The van der Waals surface area contributed by atoms with Gasteiger partial charge in [-0.2, -0.15) is 0 Å². The normalized spacial score (nSPS) is 10.2. The Kier molecular flexibility index (Phi) is 5.38. The standard InChI is InChI=1S/C18H21NO2/c1-3-5-14-8-10-16(11-9-14)19-18(20)13-15-6-4-7-17(12-15)21-2/h4,6-12H,3,5,13H2,1-2H3,(H,19,20). The van der Waals surface area contributed by atoms with Crippen LogP contribution in [0.3, 0.4) is 0 Å². The second-order valence-corrected chi connectivity index (χ2v) is 5.02.